The maximum atomic E-state index is 13.0. The summed E-state index contributed by atoms with van der Waals surface area (Å²) < 4.78 is 33.0. The van der Waals surface area contributed by atoms with Crippen molar-refractivity contribution in [1.29, 1.82) is 0 Å². The summed E-state index contributed by atoms with van der Waals surface area (Å²) in [5.41, 5.74) is 0.556. The lowest BCUT2D eigenvalue weighted by Gasteiger charge is -2.35. The van der Waals surface area contributed by atoms with Gasteiger partial charge in [0.2, 0.25) is 15.0 Å². The molecule has 3 heterocycles. The zero-order valence-electron chi connectivity index (χ0n) is 18.3. The summed E-state index contributed by atoms with van der Waals surface area (Å²) in [5.74, 6) is 0.943. The van der Waals surface area contributed by atoms with Gasteiger partial charge in [0, 0.05) is 58.8 Å². The molecule has 0 radical (unpaired) electrons. The van der Waals surface area contributed by atoms with Crippen LogP contribution in [-0.4, -0.2) is 78.5 Å². The van der Waals surface area contributed by atoms with E-state index in [-0.39, 0.29) is 16.3 Å². The number of sulfone groups is 1. The number of hydrogen-bond donors (Lipinski definition) is 0. The van der Waals surface area contributed by atoms with Crippen molar-refractivity contribution >= 4 is 15.7 Å². The average molecular weight is 437 g/mol. The molecule has 1 fully saturated rings. The Balaban J connectivity index is 1.72. The topological polar surface area (TPSA) is 93.4 Å². The molecule has 0 unspecified atom stereocenters. The van der Waals surface area contributed by atoms with Gasteiger partial charge in [-0.15, -0.1) is 0 Å². The van der Waals surface area contributed by atoms with Crippen LogP contribution in [0.3, 0.4) is 0 Å². The predicted octanol–water partition coefficient (Wildman–Crippen LogP) is 1.46. The van der Waals surface area contributed by atoms with Gasteiger partial charge >= 0.3 is 0 Å². The van der Waals surface area contributed by atoms with Crippen LogP contribution in [0.4, 0.5) is 5.82 Å². The van der Waals surface area contributed by atoms with Crippen molar-refractivity contribution < 1.29 is 13.2 Å². The fraction of sp³-hybridized carbons (Fsp3) is 0.650. The van der Waals surface area contributed by atoms with Crippen LogP contribution in [0.5, 0.6) is 0 Å². The second-order valence-corrected chi connectivity index (χ2v) is 10.7. The molecule has 2 aromatic heterocycles. The van der Waals surface area contributed by atoms with E-state index < -0.39 is 9.84 Å². The number of imidazole rings is 1. The molecule has 1 aliphatic heterocycles. The summed E-state index contributed by atoms with van der Waals surface area (Å²) in [4.78, 5) is 17.4. The Morgan fingerprint density at radius 1 is 1.07 bits per heavy atom. The molecule has 0 aliphatic carbocycles. The molecule has 0 amide bonds. The minimum atomic E-state index is -3.49. The summed E-state index contributed by atoms with van der Waals surface area (Å²) >= 11 is 0. The van der Waals surface area contributed by atoms with Crippen molar-refractivity contribution in [2.75, 3.05) is 50.5 Å². The Bertz CT molecular complexity index is 916. The van der Waals surface area contributed by atoms with Crippen LogP contribution in [0.2, 0.25) is 0 Å². The third kappa shape index (κ3) is 5.77. The summed E-state index contributed by atoms with van der Waals surface area (Å²) in [7, 11) is -1.87. The first-order valence-electron chi connectivity index (χ1n) is 10.2. The summed E-state index contributed by atoms with van der Waals surface area (Å²) in [6.07, 6.45) is 6.85. The van der Waals surface area contributed by atoms with Gasteiger partial charge in [-0.25, -0.2) is 18.4 Å². The Hall–Kier alpha value is -2.04. The van der Waals surface area contributed by atoms with E-state index in [1.54, 1.807) is 36.5 Å². The van der Waals surface area contributed by atoms with Gasteiger partial charge in [-0.05, 0) is 5.41 Å². The van der Waals surface area contributed by atoms with Gasteiger partial charge in [0.15, 0.2) is 0 Å². The molecule has 0 N–H and O–H groups in total. The van der Waals surface area contributed by atoms with Gasteiger partial charge in [0.25, 0.3) is 0 Å². The second-order valence-electron chi connectivity index (χ2n) is 8.82. The molecule has 30 heavy (non-hydrogen) atoms. The monoisotopic (exact) mass is 436 g/mol. The first kappa shape index (κ1) is 22.6. The number of anilines is 1. The summed E-state index contributed by atoms with van der Waals surface area (Å²) in [5, 5.41) is 0.141. The fourth-order valence-corrected chi connectivity index (χ4v) is 5.67. The molecule has 0 atom stereocenters. The van der Waals surface area contributed by atoms with Crippen LogP contribution in [0, 0.1) is 5.41 Å². The lowest BCUT2D eigenvalue weighted by Crippen LogP contribution is -2.46. The largest absolute Gasteiger partial charge is 0.383 e. The highest BCUT2D eigenvalue weighted by atomic mass is 32.2. The van der Waals surface area contributed by atoms with E-state index in [1.165, 1.54) is 0 Å². The van der Waals surface area contributed by atoms with E-state index in [2.05, 4.69) is 24.8 Å². The lowest BCUT2D eigenvalue weighted by atomic mass is 10.0. The Morgan fingerprint density at radius 2 is 1.80 bits per heavy atom. The molecular formula is C20H32N6O3S. The van der Waals surface area contributed by atoms with E-state index in [0.717, 1.165) is 37.7 Å². The molecule has 1 saturated heterocycles. The van der Waals surface area contributed by atoms with Gasteiger partial charge < -0.3 is 14.2 Å². The Labute approximate surface area is 179 Å². The van der Waals surface area contributed by atoms with Crippen molar-refractivity contribution in [3.63, 3.8) is 0 Å². The molecule has 2 aromatic rings. The highest BCUT2D eigenvalue weighted by molar-refractivity contribution is 7.91. The molecule has 10 heteroatoms. The average Bonchev–Trinajstić information content (AvgIpc) is 3.09. The quantitative estimate of drug-likeness (QED) is 0.614. The Kier molecular flexibility index (Phi) is 7.10. The minimum absolute atomic E-state index is 0.0558. The highest BCUT2D eigenvalue weighted by Gasteiger charge is 2.29. The third-order valence-corrected chi connectivity index (χ3v) is 7.08. The number of ether oxygens (including phenoxy) is 1. The Morgan fingerprint density at radius 3 is 2.40 bits per heavy atom. The number of nitrogens with zero attached hydrogens (tertiary/aromatic N) is 6. The third-order valence-electron chi connectivity index (χ3n) is 4.95. The minimum Gasteiger partial charge on any atom is -0.383 e. The zero-order chi connectivity index (χ0) is 21.8. The van der Waals surface area contributed by atoms with E-state index in [9.17, 15) is 8.42 Å². The van der Waals surface area contributed by atoms with Crippen LogP contribution in [0.15, 0.2) is 29.9 Å². The number of methoxy groups -OCH3 is 1. The number of piperazine rings is 1. The van der Waals surface area contributed by atoms with Gasteiger partial charge in [-0.1, -0.05) is 20.8 Å². The van der Waals surface area contributed by atoms with Crippen LogP contribution in [0.1, 0.15) is 26.5 Å². The van der Waals surface area contributed by atoms with Crippen LogP contribution < -0.4 is 4.90 Å². The van der Waals surface area contributed by atoms with Gasteiger partial charge in [0.1, 0.15) is 5.82 Å². The highest BCUT2D eigenvalue weighted by Crippen LogP contribution is 2.23. The molecule has 3 rings (SSSR count). The number of hydrogen-bond acceptors (Lipinski definition) is 8. The molecular weight excluding hydrogens is 404 g/mol. The van der Waals surface area contributed by atoms with E-state index in [1.807, 2.05) is 20.8 Å². The molecule has 0 bridgehead atoms. The molecule has 9 nitrogen and oxygen atoms in total. The van der Waals surface area contributed by atoms with Crippen molar-refractivity contribution in [3.8, 4) is 0 Å². The molecule has 0 saturated carbocycles. The first-order valence-corrected chi connectivity index (χ1v) is 11.8. The first-order chi connectivity index (χ1) is 14.2. The van der Waals surface area contributed by atoms with Crippen molar-refractivity contribution in [3.05, 3.63) is 30.5 Å². The van der Waals surface area contributed by atoms with Crippen molar-refractivity contribution in [2.45, 2.75) is 39.0 Å². The standard InChI is InChI=1S/C20H32N6O3S/c1-20(2,3)16-30(27,28)19-23-13-17(26(19)11-12-29-4)15-24-7-9-25(10-8-24)18-14-21-5-6-22-18/h5-6,13-14H,7-12,15-16H2,1-4H3. The van der Waals surface area contributed by atoms with E-state index in [0.29, 0.717) is 19.7 Å². The SMILES string of the molecule is COCCn1c(CN2CCN(c3cnccn3)CC2)cnc1S(=O)(=O)CC(C)(C)C. The maximum absolute atomic E-state index is 13.0. The van der Waals surface area contributed by atoms with Gasteiger partial charge in [-0.3, -0.25) is 9.88 Å². The van der Waals surface area contributed by atoms with Gasteiger partial charge in [0.05, 0.1) is 30.4 Å². The molecule has 0 aromatic carbocycles. The number of aromatic nitrogens is 4. The zero-order valence-corrected chi connectivity index (χ0v) is 19.1. The molecule has 0 spiro atoms. The van der Waals surface area contributed by atoms with E-state index >= 15 is 0 Å². The molecule has 166 valence electrons. The summed E-state index contributed by atoms with van der Waals surface area (Å²) in [6, 6.07) is 0. The maximum Gasteiger partial charge on any atom is 0.227 e. The normalized spacial score (nSPS) is 16.2. The van der Waals surface area contributed by atoms with Crippen LogP contribution in [0.25, 0.3) is 0 Å². The van der Waals surface area contributed by atoms with Crippen LogP contribution in [-0.2, 0) is 27.7 Å². The fourth-order valence-electron chi connectivity index (χ4n) is 3.64. The number of rotatable bonds is 8. The predicted molar refractivity (Wildman–Crippen MR) is 115 cm³/mol. The molecule has 1 aliphatic rings. The van der Waals surface area contributed by atoms with Gasteiger partial charge in [-0.2, -0.15) is 0 Å². The summed E-state index contributed by atoms with van der Waals surface area (Å²) in [6.45, 7) is 10.7. The second kappa shape index (κ2) is 9.40. The van der Waals surface area contributed by atoms with Crippen LogP contribution >= 0.6 is 0 Å². The van der Waals surface area contributed by atoms with Crippen molar-refractivity contribution in [1.82, 2.24) is 24.4 Å². The van der Waals surface area contributed by atoms with E-state index in [4.69, 9.17) is 4.74 Å². The van der Waals surface area contributed by atoms with Crippen molar-refractivity contribution in [2.24, 2.45) is 5.41 Å². The lowest BCUT2D eigenvalue weighted by molar-refractivity contribution is 0.180. The smallest absolute Gasteiger partial charge is 0.227 e.